The summed E-state index contributed by atoms with van der Waals surface area (Å²) in [5, 5.41) is 24.8. The molecule has 0 spiro atoms. The molecule has 0 unspecified atom stereocenters. The lowest BCUT2D eigenvalue weighted by Gasteiger charge is -2.27. The van der Waals surface area contributed by atoms with Gasteiger partial charge in [-0.2, -0.15) is 0 Å². The van der Waals surface area contributed by atoms with Crippen LogP contribution in [0, 0.1) is 34.1 Å². The van der Waals surface area contributed by atoms with E-state index in [1.54, 1.807) is 25.1 Å². The Bertz CT molecular complexity index is 1670. The Balaban J connectivity index is 1.74. The minimum Gasteiger partial charge on any atom is -0.490 e. The molecule has 1 aliphatic rings. The van der Waals surface area contributed by atoms with Crippen molar-refractivity contribution in [1.82, 2.24) is 5.32 Å². The van der Waals surface area contributed by atoms with E-state index < -0.39 is 39.1 Å². The number of hydrogen-bond donors (Lipinski definition) is 1. The van der Waals surface area contributed by atoms with Gasteiger partial charge in [-0.05, 0) is 89.8 Å². The van der Waals surface area contributed by atoms with E-state index in [1.807, 2.05) is 13.8 Å². The molecule has 14 heteroatoms. The minimum absolute atomic E-state index is 0.0114. The molecule has 210 valence electrons. The van der Waals surface area contributed by atoms with Gasteiger partial charge in [-0.25, -0.2) is 9.69 Å². The third-order valence-corrected chi connectivity index (χ3v) is 6.64. The molecule has 41 heavy (non-hydrogen) atoms. The summed E-state index contributed by atoms with van der Waals surface area (Å²) in [7, 11) is 0. The van der Waals surface area contributed by atoms with Gasteiger partial charge in [-0.1, -0.05) is 6.07 Å². The molecule has 4 amide bonds. The minimum atomic E-state index is -0.893. The van der Waals surface area contributed by atoms with Gasteiger partial charge >= 0.3 is 11.7 Å². The summed E-state index contributed by atoms with van der Waals surface area (Å²) in [6, 6.07) is 9.97. The molecule has 0 aliphatic carbocycles. The van der Waals surface area contributed by atoms with E-state index >= 15 is 0 Å². The summed E-state index contributed by atoms with van der Waals surface area (Å²) < 4.78 is 11.6. The van der Waals surface area contributed by atoms with Crippen LogP contribution in [0.5, 0.6) is 17.2 Å². The normalized spacial score (nSPS) is 14.2. The molecule has 0 atom stereocenters. The SMILES string of the molecule is CCOc1cc(/C=C2\C(=O)NC(=O)N(c3ccc(C)c(C)c3)C2=O)cc(Br)c1Oc1ccc([N+](=O)[O-])cc1[N+](=O)[O-]. The van der Waals surface area contributed by atoms with Crippen molar-refractivity contribution < 1.29 is 33.7 Å². The maximum atomic E-state index is 13.3. The average Bonchev–Trinajstić information content (AvgIpc) is 2.90. The molecule has 0 saturated carbocycles. The number of nitrogens with one attached hydrogen (secondary N) is 1. The van der Waals surface area contributed by atoms with Crippen LogP contribution < -0.4 is 19.7 Å². The lowest BCUT2D eigenvalue weighted by Crippen LogP contribution is -2.54. The molecule has 13 nitrogen and oxygen atoms in total. The molecule has 3 aromatic rings. The second kappa shape index (κ2) is 11.6. The highest BCUT2D eigenvalue weighted by molar-refractivity contribution is 9.10. The van der Waals surface area contributed by atoms with Crippen molar-refractivity contribution in [2.75, 3.05) is 11.5 Å². The first kappa shape index (κ1) is 28.9. The number of rotatable bonds is 8. The molecule has 1 fully saturated rings. The summed E-state index contributed by atoms with van der Waals surface area (Å²) in [5.41, 5.74) is 0.952. The maximum absolute atomic E-state index is 13.3. The van der Waals surface area contributed by atoms with Crippen molar-refractivity contribution in [3.8, 4) is 17.2 Å². The number of non-ortho nitro benzene ring substituents is 1. The number of hydrogen-bond acceptors (Lipinski definition) is 9. The fourth-order valence-electron chi connectivity index (χ4n) is 3.91. The zero-order chi connectivity index (χ0) is 30.0. The van der Waals surface area contributed by atoms with Crippen molar-refractivity contribution in [1.29, 1.82) is 0 Å². The van der Waals surface area contributed by atoms with Crippen LogP contribution in [0.3, 0.4) is 0 Å². The topological polar surface area (TPSA) is 171 Å². The number of nitro groups is 2. The number of amides is 4. The van der Waals surface area contributed by atoms with E-state index in [2.05, 4.69) is 21.2 Å². The van der Waals surface area contributed by atoms with Crippen LogP contribution in [-0.4, -0.2) is 34.3 Å². The highest BCUT2D eigenvalue weighted by Crippen LogP contribution is 2.43. The average molecular weight is 625 g/mol. The third kappa shape index (κ3) is 5.91. The van der Waals surface area contributed by atoms with Crippen LogP contribution in [0.25, 0.3) is 6.08 Å². The van der Waals surface area contributed by atoms with Gasteiger partial charge in [-0.3, -0.25) is 35.1 Å². The number of urea groups is 1. The lowest BCUT2D eigenvalue weighted by molar-refractivity contribution is -0.394. The summed E-state index contributed by atoms with van der Waals surface area (Å²) >= 11 is 3.33. The number of carbonyl (C=O) groups is 3. The van der Waals surface area contributed by atoms with Gasteiger partial charge in [0, 0.05) is 6.07 Å². The molecule has 1 saturated heterocycles. The number of ether oxygens (including phenoxy) is 2. The number of benzene rings is 3. The van der Waals surface area contributed by atoms with Crippen molar-refractivity contribution in [3.63, 3.8) is 0 Å². The Hall–Kier alpha value is -5.11. The second-order valence-electron chi connectivity index (χ2n) is 8.76. The van der Waals surface area contributed by atoms with Gasteiger partial charge in [0.2, 0.25) is 5.75 Å². The Labute approximate surface area is 240 Å². The standard InChI is InChI=1S/C27H21BrN4O9/c1-4-40-23-12-16(11-20(28)24(23)41-22-8-7-18(31(36)37)13-21(22)32(38)39)10-19-25(33)29-27(35)30(26(19)34)17-6-5-14(2)15(3)9-17/h5-13H,4H2,1-3H3,(H,29,33,35)/b19-10+. The number of aryl methyl sites for hydroxylation is 2. The molecule has 0 radical (unpaired) electrons. The first-order valence-electron chi connectivity index (χ1n) is 12.0. The lowest BCUT2D eigenvalue weighted by atomic mass is 10.0. The predicted molar refractivity (Wildman–Crippen MR) is 150 cm³/mol. The molecular weight excluding hydrogens is 604 g/mol. The van der Waals surface area contributed by atoms with E-state index in [0.717, 1.165) is 34.2 Å². The van der Waals surface area contributed by atoms with Crippen molar-refractivity contribution >= 4 is 56.9 Å². The van der Waals surface area contributed by atoms with Gasteiger partial charge < -0.3 is 9.47 Å². The molecular formula is C27H21BrN4O9. The smallest absolute Gasteiger partial charge is 0.335 e. The van der Waals surface area contributed by atoms with Crippen LogP contribution >= 0.6 is 15.9 Å². The Morgan fingerprint density at radius 3 is 2.32 bits per heavy atom. The Morgan fingerprint density at radius 1 is 0.951 bits per heavy atom. The van der Waals surface area contributed by atoms with Crippen LogP contribution in [0.15, 0.2) is 58.6 Å². The molecule has 1 heterocycles. The van der Waals surface area contributed by atoms with E-state index in [4.69, 9.17) is 9.47 Å². The quantitative estimate of drug-likeness (QED) is 0.142. The summed E-state index contributed by atoms with van der Waals surface area (Å²) in [4.78, 5) is 60.5. The number of nitrogens with zero attached hydrogens (tertiary/aromatic N) is 3. The highest BCUT2D eigenvalue weighted by Gasteiger charge is 2.37. The second-order valence-corrected chi connectivity index (χ2v) is 9.61. The van der Waals surface area contributed by atoms with Gasteiger partial charge in [0.15, 0.2) is 11.5 Å². The van der Waals surface area contributed by atoms with Crippen LogP contribution in [0.1, 0.15) is 23.6 Å². The van der Waals surface area contributed by atoms with E-state index in [-0.39, 0.29) is 33.9 Å². The van der Waals surface area contributed by atoms with Crippen molar-refractivity contribution in [3.05, 3.63) is 95.5 Å². The predicted octanol–water partition coefficient (Wildman–Crippen LogP) is 5.74. The molecule has 0 bridgehead atoms. The van der Waals surface area contributed by atoms with E-state index in [1.165, 1.54) is 18.2 Å². The van der Waals surface area contributed by atoms with E-state index in [0.29, 0.717) is 11.3 Å². The zero-order valence-electron chi connectivity index (χ0n) is 21.8. The Kier molecular flexibility index (Phi) is 8.14. The molecule has 1 aliphatic heterocycles. The number of nitro benzene ring substituents is 2. The van der Waals surface area contributed by atoms with Gasteiger partial charge in [-0.15, -0.1) is 0 Å². The van der Waals surface area contributed by atoms with Crippen LogP contribution in [0.4, 0.5) is 21.9 Å². The highest BCUT2D eigenvalue weighted by atomic mass is 79.9. The molecule has 1 N–H and O–H groups in total. The third-order valence-electron chi connectivity index (χ3n) is 6.06. The number of anilines is 1. The molecule has 3 aromatic carbocycles. The number of carbonyl (C=O) groups excluding carboxylic acids is 3. The van der Waals surface area contributed by atoms with Gasteiger partial charge in [0.05, 0.1) is 32.7 Å². The summed E-state index contributed by atoms with van der Waals surface area (Å²) in [6.07, 6.45) is 1.27. The maximum Gasteiger partial charge on any atom is 0.335 e. The van der Waals surface area contributed by atoms with Crippen molar-refractivity contribution in [2.24, 2.45) is 0 Å². The number of halogens is 1. The van der Waals surface area contributed by atoms with Crippen LogP contribution in [-0.2, 0) is 9.59 Å². The largest absolute Gasteiger partial charge is 0.490 e. The first-order valence-corrected chi connectivity index (χ1v) is 12.8. The molecule has 4 rings (SSSR count). The fraction of sp³-hybridized carbons (Fsp3) is 0.148. The van der Waals surface area contributed by atoms with Gasteiger partial charge in [0.25, 0.3) is 17.5 Å². The van der Waals surface area contributed by atoms with E-state index in [9.17, 15) is 34.6 Å². The number of barbiturate groups is 1. The summed E-state index contributed by atoms with van der Waals surface area (Å²) in [6.45, 7) is 5.55. The zero-order valence-corrected chi connectivity index (χ0v) is 23.4. The first-order chi connectivity index (χ1) is 19.4. The van der Waals surface area contributed by atoms with Crippen molar-refractivity contribution in [2.45, 2.75) is 20.8 Å². The number of imide groups is 2. The fourth-order valence-corrected chi connectivity index (χ4v) is 4.46. The molecule has 0 aromatic heterocycles. The monoisotopic (exact) mass is 624 g/mol. The Morgan fingerprint density at radius 2 is 1.68 bits per heavy atom. The summed E-state index contributed by atoms with van der Waals surface area (Å²) in [5.74, 6) is -1.91. The van der Waals surface area contributed by atoms with Gasteiger partial charge in [0.1, 0.15) is 5.57 Å². The van der Waals surface area contributed by atoms with Crippen LogP contribution in [0.2, 0.25) is 0 Å².